The number of anilines is 1. The predicted octanol–water partition coefficient (Wildman–Crippen LogP) is 0.858. The standard InChI is InChI=1S/C37H55N5O12/c1-25(2)34(36(48)39-27(5)35(47)40-29-8-6-28(7-9-29)24-54-37(49)26(3)4)41-31(44)13-16-50-18-20-52-22-23-53-21-19-51-17-14-38-30(43)12-15-42-32(45)10-11-33(42)46/h6-11,25-27,34H,12-24H2,1-5H3,(H,38,43)(H,39,48)(H,40,47)(H,41,44)/t27-,34-/m0/s1. The monoisotopic (exact) mass is 761 g/mol. The van der Waals surface area contributed by atoms with E-state index in [-0.39, 0.29) is 82.0 Å². The third kappa shape index (κ3) is 18.4. The number of esters is 1. The molecule has 1 heterocycles. The highest BCUT2D eigenvalue weighted by molar-refractivity contribution is 6.13. The van der Waals surface area contributed by atoms with Gasteiger partial charge in [-0.05, 0) is 30.5 Å². The summed E-state index contributed by atoms with van der Waals surface area (Å²) in [6, 6.07) is 5.08. The van der Waals surface area contributed by atoms with E-state index >= 15 is 0 Å². The van der Waals surface area contributed by atoms with Gasteiger partial charge >= 0.3 is 5.97 Å². The molecule has 2 rings (SSSR count). The Morgan fingerprint density at radius 2 is 1.22 bits per heavy atom. The van der Waals surface area contributed by atoms with Gasteiger partial charge in [0, 0.05) is 43.8 Å². The number of benzene rings is 1. The molecule has 0 bridgehead atoms. The molecule has 1 aromatic carbocycles. The molecule has 17 nitrogen and oxygen atoms in total. The highest BCUT2D eigenvalue weighted by atomic mass is 16.6. The highest BCUT2D eigenvalue weighted by Crippen LogP contribution is 2.12. The first-order valence-corrected chi connectivity index (χ1v) is 18.1. The van der Waals surface area contributed by atoms with Crippen LogP contribution >= 0.6 is 0 Å². The van der Waals surface area contributed by atoms with E-state index in [1.807, 2.05) is 0 Å². The number of rotatable bonds is 27. The smallest absolute Gasteiger partial charge is 0.308 e. The largest absolute Gasteiger partial charge is 0.461 e. The van der Waals surface area contributed by atoms with Crippen molar-refractivity contribution >= 4 is 47.1 Å². The van der Waals surface area contributed by atoms with Gasteiger partial charge in [0.2, 0.25) is 23.6 Å². The summed E-state index contributed by atoms with van der Waals surface area (Å²) in [5.74, 6) is -3.18. The van der Waals surface area contributed by atoms with Crippen molar-refractivity contribution in [3.05, 3.63) is 42.0 Å². The minimum absolute atomic E-state index is 0.0208. The summed E-state index contributed by atoms with van der Waals surface area (Å²) < 4.78 is 26.9. The Morgan fingerprint density at radius 3 is 1.78 bits per heavy atom. The van der Waals surface area contributed by atoms with Crippen LogP contribution in [0.4, 0.5) is 5.69 Å². The van der Waals surface area contributed by atoms with E-state index in [1.54, 1.807) is 58.9 Å². The van der Waals surface area contributed by atoms with Crippen molar-refractivity contribution in [2.75, 3.05) is 71.3 Å². The Labute approximate surface area is 316 Å². The molecule has 0 unspecified atom stereocenters. The van der Waals surface area contributed by atoms with Gasteiger partial charge in [-0.1, -0.05) is 39.8 Å². The summed E-state index contributed by atoms with van der Waals surface area (Å²) in [5, 5.41) is 10.8. The summed E-state index contributed by atoms with van der Waals surface area (Å²) in [6.07, 6.45) is 2.40. The van der Waals surface area contributed by atoms with Crippen molar-refractivity contribution < 1.29 is 57.2 Å². The molecule has 0 spiro atoms. The molecule has 300 valence electrons. The van der Waals surface area contributed by atoms with Crippen molar-refractivity contribution in [3.8, 4) is 0 Å². The number of nitrogens with zero attached hydrogens (tertiary/aromatic N) is 1. The van der Waals surface area contributed by atoms with E-state index in [0.717, 1.165) is 10.5 Å². The zero-order valence-corrected chi connectivity index (χ0v) is 31.8. The topological polar surface area (TPSA) is 217 Å². The van der Waals surface area contributed by atoms with Gasteiger partial charge in [0.05, 0.1) is 58.8 Å². The van der Waals surface area contributed by atoms with Crippen LogP contribution in [0.5, 0.6) is 0 Å². The Hall–Kier alpha value is -4.71. The number of imide groups is 1. The average Bonchev–Trinajstić information content (AvgIpc) is 3.46. The third-order valence-electron chi connectivity index (χ3n) is 7.71. The number of nitrogens with one attached hydrogen (secondary N) is 4. The van der Waals surface area contributed by atoms with Crippen molar-refractivity contribution in [1.29, 1.82) is 0 Å². The van der Waals surface area contributed by atoms with E-state index in [2.05, 4.69) is 21.3 Å². The van der Waals surface area contributed by atoms with E-state index in [0.29, 0.717) is 38.7 Å². The second-order valence-corrected chi connectivity index (χ2v) is 12.9. The lowest BCUT2D eigenvalue weighted by Gasteiger charge is -2.24. The quantitative estimate of drug-likeness (QED) is 0.0558. The molecule has 0 fully saturated rings. The van der Waals surface area contributed by atoms with Gasteiger partial charge in [-0.3, -0.25) is 38.5 Å². The summed E-state index contributed by atoms with van der Waals surface area (Å²) in [6.45, 7) is 11.4. The molecule has 2 atom stereocenters. The van der Waals surface area contributed by atoms with Crippen molar-refractivity contribution in [2.45, 2.75) is 66.2 Å². The van der Waals surface area contributed by atoms with Crippen LogP contribution in [0.2, 0.25) is 0 Å². The number of carbonyl (C=O) groups is 7. The zero-order valence-electron chi connectivity index (χ0n) is 31.8. The number of amides is 6. The van der Waals surface area contributed by atoms with Crippen LogP contribution in [0.1, 0.15) is 53.0 Å². The summed E-state index contributed by atoms with van der Waals surface area (Å²) in [5.41, 5.74) is 1.28. The fourth-order valence-electron chi connectivity index (χ4n) is 4.55. The van der Waals surface area contributed by atoms with E-state index in [9.17, 15) is 33.6 Å². The van der Waals surface area contributed by atoms with Crippen LogP contribution in [0.25, 0.3) is 0 Å². The maximum atomic E-state index is 13.0. The molecule has 6 amide bonds. The Morgan fingerprint density at radius 1 is 0.667 bits per heavy atom. The Balaban J connectivity index is 1.48. The first kappa shape index (κ1) is 45.4. The molecule has 0 aliphatic carbocycles. The molecular weight excluding hydrogens is 706 g/mol. The van der Waals surface area contributed by atoms with Crippen molar-refractivity contribution in [1.82, 2.24) is 20.9 Å². The molecule has 0 saturated carbocycles. The normalized spacial score (nSPS) is 13.6. The lowest BCUT2D eigenvalue weighted by atomic mass is 10.0. The minimum Gasteiger partial charge on any atom is -0.461 e. The summed E-state index contributed by atoms with van der Waals surface area (Å²) >= 11 is 0. The number of carbonyl (C=O) groups excluding carboxylic acids is 7. The van der Waals surface area contributed by atoms with Gasteiger partial charge in [0.15, 0.2) is 0 Å². The molecule has 0 radical (unpaired) electrons. The summed E-state index contributed by atoms with van der Waals surface area (Å²) in [7, 11) is 0. The van der Waals surface area contributed by atoms with Gasteiger partial charge < -0.3 is 45.0 Å². The lowest BCUT2D eigenvalue weighted by molar-refractivity contribution is -0.148. The fraction of sp³-hybridized carbons (Fsp3) is 0.595. The maximum absolute atomic E-state index is 13.0. The molecular formula is C37H55N5O12. The predicted molar refractivity (Wildman–Crippen MR) is 195 cm³/mol. The van der Waals surface area contributed by atoms with Gasteiger partial charge in [0.25, 0.3) is 11.8 Å². The van der Waals surface area contributed by atoms with Gasteiger partial charge in [0.1, 0.15) is 18.7 Å². The molecule has 0 saturated heterocycles. The van der Waals surface area contributed by atoms with Crippen LogP contribution in [0.15, 0.2) is 36.4 Å². The first-order valence-electron chi connectivity index (χ1n) is 18.1. The molecule has 4 N–H and O–H groups in total. The molecule has 1 aliphatic rings. The van der Waals surface area contributed by atoms with Crippen LogP contribution in [-0.2, 0) is 63.9 Å². The number of ether oxygens (including phenoxy) is 5. The van der Waals surface area contributed by atoms with Crippen molar-refractivity contribution in [2.24, 2.45) is 11.8 Å². The van der Waals surface area contributed by atoms with Crippen LogP contribution in [0.3, 0.4) is 0 Å². The highest BCUT2D eigenvalue weighted by Gasteiger charge is 2.27. The van der Waals surface area contributed by atoms with Crippen molar-refractivity contribution in [3.63, 3.8) is 0 Å². The molecule has 54 heavy (non-hydrogen) atoms. The average molecular weight is 762 g/mol. The molecule has 1 aliphatic heterocycles. The SMILES string of the molecule is CC(C)C(=O)OCc1ccc(NC(=O)[C@H](C)NC(=O)[C@@H](NC(=O)CCOCCOCCOCCOCCNC(=O)CCN2C(=O)C=CC2=O)C(C)C)cc1. The van der Waals surface area contributed by atoms with E-state index in [4.69, 9.17) is 23.7 Å². The Bertz CT molecular complexity index is 1400. The van der Waals surface area contributed by atoms with Gasteiger partial charge in [-0.25, -0.2) is 0 Å². The third-order valence-corrected chi connectivity index (χ3v) is 7.71. The first-order chi connectivity index (χ1) is 25.8. The molecule has 1 aromatic rings. The van der Waals surface area contributed by atoms with Crippen LogP contribution in [0, 0.1) is 11.8 Å². The fourth-order valence-corrected chi connectivity index (χ4v) is 4.55. The van der Waals surface area contributed by atoms with Gasteiger partial charge in [-0.15, -0.1) is 0 Å². The molecule has 0 aromatic heterocycles. The lowest BCUT2D eigenvalue weighted by Crippen LogP contribution is -2.53. The second-order valence-electron chi connectivity index (χ2n) is 12.9. The Kier molecular flexibility index (Phi) is 21.3. The van der Waals surface area contributed by atoms with E-state index in [1.165, 1.54) is 12.2 Å². The maximum Gasteiger partial charge on any atom is 0.308 e. The summed E-state index contributed by atoms with van der Waals surface area (Å²) in [4.78, 5) is 85.7. The van der Waals surface area contributed by atoms with Crippen LogP contribution in [-0.4, -0.2) is 124 Å². The van der Waals surface area contributed by atoms with Gasteiger partial charge in [-0.2, -0.15) is 0 Å². The minimum atomic E-state index is -0.879. The molecule has 17 heteroatoms. The van der Waals surface area contributed by atoms with Crippen LogP contribution < -0.4 is 21.3 Å². The zero-order chi connectivity index (χ0) is 39.9. The second kappa shape index (κ2) is 25.3. The van der Waals surface area contributed by atoms with E-state index < -0.39 is 35.7 Å². The number of hydrogen-bond donors (Lipinski definition) is 4. The number of hydrogen-bond acceptors (Lipinski definition) is 12.